The molecule has 0 aliphatic rings. The van der Waals surface area contributed by atoms with Crippen LogP contribution < -0.4 is 0 Å². The molecule has 3 heteroatoms. The van der Waals surface area contributed by atoms with E-state index in [0.29, 0.717) is 5.02 Å². The van der Waals surface area contributed by atoms with Crippen molar-refractivity contribution < 1.29 is 5.11 Å². The molecule has 1 nitrogen and oxygen atoms in total. The van der Waals surface area contributed by atoms with Gasteiger partial charge in [0.2, 0.25) is 0 Å². The zero-order valence-electron chi connectivity index (χ0n) is 11.7. The van der Waals surface area contributed by atoms with Crippen molar-refractivity contribution in [2.24, 2.45) is 0 Å². The number of halogens is 1. The van der Waals surface area contributed by atoms with E-state index in [1.165, 1.54) is 4.88 Å². The summed E-state index contributed by atoms with van der Waals surface area (Å²) in [4.78, 5) is 2.21. The molecular weight excluding hydrogens is 276 g/mol. The zero-order valence-corrected chi connectivity index (χ0v) is 13.3. The van der Waals surface area contributed by atoms with E-state index in [4.69, 9.17) is 11.6 Å². The largest absolute Gasteiger partial charge is 0.383 e. The fourth-order valence-electron chi connectivity index (χ4n) is 1.91. The maximum absolute atomic E-state index is 10.5. The molecule has 0 aliphatic carbocycles. The molecule has 1 atom stereocenters. The Bertz CT molecular complexity index is 581. The Balaban J connectivity index is 2.34. The summed E-state index contributed by atoms with van der Waals surface area (Å²) < 4.78 is 0. The molecule has 2 rings (SSSR count). The van der Waals surface area contributed by atoms with E-state index >= 15 is 0 Å². The predicted octanol–water partition coefficient (Wildman–Crippen LogP) is 5.09. The van der Waals surface area contributed by atoms with Crippen LogP contribution in [0.4, 0.5) is 0 Å². The maximum atomic E-state index is 10.5. The predicted molar refractivity (Wildman–Crippen MR) is 83.3 cm³/mol. The van der Waals surface area contributed by atoms with Gasteiger partial charge < -0.3 is 5.11 Å². The molecule has 0 spiro atoms. The molecule has 19 heavy (non-hydrogen) atoms. The Hall–Kier alpha value is -0.830. The fraction of sp³-hybridized carbons (Fsp3) is 0.375. The molecule has 0 fully saturated rings. The van der Waals surface area contributed by atoms with Crippen LogP contribution in [0.5, 0.6) is 0 Å². The molecule has 0 saturated carbocycles. The average molecular weight is 295 g/mol. The molecule has 1 N–H and O–H groups in total. The summed E-state index contributed by atoms with van der Waals surface area (Å²) in [6.45, 7) is 8.51. The van der Waals surface area contributed by atoms with Crippen molar-refractivity contribution in [2.75, 3.05) is 0 Å². The van der Waals surface area contributed by atoms with E-state index in [0.717, 1.165) is 16.0 Å². The van der Waals surface area contributed by atoms with Crippen LogP contribution in [0.25, 0.3) is 0 Å². The second kappa shape index (κ2) is 5.28. The van der Waals surface area contributed by atoms with Crippen molar-refractivity contribution in [3.05, 3.63) is 56.2 Å². The summed E-state index contributed by atoms with van der Waals surface area (Å²) in [6, 6.07) is 9.84. The van der Waals surface area contributed by atoms with Gasteiger partial charge in [-0.3, -0.25) is 0 Å². The summed E-state index contributed by atoms with van der Waals surface area (Å²) in [5.74, 6) is 0. The molecule has 1 aromatic heterocycles. The van der Waals surface area contributed by atoms with E-state index in [1.807, 2.05) is 31.2 Å². The van der Waals surface area contributed by atoms with E-state index < -0.39 is 6.10 Å². The first-order chi connectivity index (χ1) is 8.79. The Labute approximate surface area is 123 Å². The lowest BCUT2D eigenvalue weighted by atomic mass is 9.95. The number of hydrogen-bond acceptors (Lipinski definition) is 2. The van der Waals surface area contributed by atoms with Crippen molar-refractivity contribution in [3.8, 4) is 0 Å². The summed E-state index contributed by atoms with van der Waals surface area (Å²) in [7, 11) is 0. The highest BCUT2D eigenvalue weighted by Gasteiger charge is 2.20. The lowest BCUT2D eigenvalue weighted by Crippen LogP contribution is -2.07. The molecule has 1 heterocycles. The standard InChI is InChI=1S/C16H19ClOS/c1-10-5-6-11(12(17)9-10)15(18)13-7-8-14(19-13)16(2,3)4/h5-9,15,18H,1-4H3. The van der Waals surface area contributed by atoms with Crippen molar-refractivity contribution in [1.29, 1.82) is 0 Å². The van der Waals surface area contributed by atoms with Gasteiger partial charge in [-0.1, -0.05) is 44.5 Å². The molecule has 1 aromatic carbocycles. The Morgan fingerprint density at radius 2 is 1.84 bits per heavy atom. The van der Waals surface area contributed by atoms with Crippen LogP contribution in [0, 0.1) is 6.92 Å². The topological polar surface area (TPSA) is 20.2 Å². The Morgan fingerprint density at radius 1 is 1.16 bits per heavy atom. The first-order valence-electron chi connectivity index (χ1n) is 6.33. The highest BCUT2D eigenvalue weighted by molar-refractivity contribution is 7.12. The number of hydrogen-bond donors (Lipinski definition) is 1. The normalized spacial score (nSPS) is 13.6. The maximum Gasteiger partial charge on any atom is 0.115 e. The molecule has 2 aromatic rings. The summed E-state index contributed by atoms with van der Waals surface area (Å²) in [5, 5.41) is 11.1. The van der Waals surface area contributed by atoms with E-state index in [9.17, 15) is 5.11 Å². The molecule has 0 bridgehead atoms. The Kier molecular flexibility index (Phi) is 4.05. The third-order valence-electron chi connectivity index (χ3n) is 3.09. The zero-order chi connectivity index (χ0) is 14.2. The average Bonchev–Trinajstić information content (AvgIpc) is 2.76. The minimum atomic E-state index is -0.644. The van der Waals surface area contributed by atoms with Gasteiger partial charge in [-0.2, -0.15) is 0 Å². The second-order valence-electron chi connectivity index (χ2n) is 5.88. The van der Waals surface area contributed by atoms with Gasteiger partial charge in [0.05, 0.1) is 0 Å². The minimum absolute atomic E-state index is 0.111. The third kappa shape index (κ3) is 3.19. The van der Waals surface area contributed by atoms with Crippen LogP contribution in [0.3, 0.4) is 0 Å². The van der Waals surface area contributed by atoms with Crippen LogP contribution in [-0.4, -0.2) is 5.11 Å². The van der Waals surface area contributed by atoms with Crippen molar-refractivity contribution in [1.82, 2.24) is 0 Å². The van der Waals surface area contributed by atoms with Gasteiger partial charge in [0, 0.05) is 20.3 Å². The smallest absolute Gasteiger partial charge is 0.115 e. The van der Waals surface area contributed by atoms with Crippen LogP contribution in [0.1, 0.15) is 47.8 Å². The molecule has 1 unspecified atom stereocenters. The van der Waals surface area contributed by atoms with Gasteiger partial charge >= 0.3 is 0 Å². The van der Waals surface area contributed by atoms with Gasteiger partial charge in [-0.15, -0.1) is 11.3 Å². The van der Waals surface area contributed by atoms with Gasteiger partial charge in [0.1, 0.15) is 6.10 Å². The quantitative estimate of drug-likeness (QED) is 0.818. The second-order valence-corrected chi connectivity index (χ2v) is 7.40. The van der Waals surface area contributed by atoms with Gasteiger partial charge in [0.25, 0.3) is 0 Å². The summed E-state index contributed by atoms with van der Waals surface area (Å²) in [6.07, 6.45) is -0.644. The lowest BCUT2D eigenvalue weighted by Gasteiger charge is -2.16. The van der Waals surface area contributed by atoms with Crippen LogP contribution in [0.15, 0.2) is 30.3 Å². The summed E-state index contributed by atoms with van der Waals surface area (Å²) in [5.41, 5.74) is 1.98. The Morgan fingerprint density at radius 3 is 2.37 bits per heavy atom. The van der Waals surface area contributed by atoms with Gasteiger partial charge in [0.15, 0.2) is 0 Å². The molecular formula is C16H19ClOS. The number of aryl methyl sites for hydroxylation is 1. The highest BCUT2D eigenvalue weighted by Crippen LogP contribution is 2.36. The molecule has 102 valence electrons. The fourth-order valence-corrected chi connectivity index (χ4v) is 3.32. The molecule has 0 saturated heterocycles. The lowest BCUT2D eigenvalue weighted by molar-refractivity contribution is 0.224. The van der Waals surface area contributed by atoms with Crippen LogP contribution >= 0.6 is 22.9 Å². The third-order valence-corrected chi connectivity index (χ3v) is 4.98. The van der Waals surface area contributed by atoms with E-state index in [2.05, 4.69) is 26.8 Å². The summed E-state index contributed by atoms with van der Waals surface area (Å²) >= 11 is 7.86. The molecule has 0 radical (unpaired) electrons. The molecule has 0 aliphatic heterocycles. The van der Waals surface area contributed by atoms with Gasteiger partial charge in [-0.05, 0) is 36.1 Å². The SMILES string of the molecule is Cc1ccc(C(O)c2ccc(C(C)(C)C)s2)c(Cl)c1. The number of rotatable bonds is 2. The van der Waals surface area contributed by atoms with Crippen LogP contribution in [0.2, 0.25) is 5.02 Å². The van der Waals surface area contributed by atoms with Crippen molar-refractivity contribution in [3.63, 3.8) is 0 Å². The van der Waals surface area contributed by atoms with E-state index in [1.54, 1.807) is 11.3 Å². The molecule has 0 amide bonds. The van der Waals surface area contributed by atoms with Crippen molar-refractivity contribution >= 4 is 22.9 Å². The number of benzene rings is 1. The monoisotopic (exact) mass is 294 g/mol. The van der Waals surface area contributed by atoms with Crippen molar-refractivity contribution in [2.45, 2.75) is 39.2 Å². The number of thiophene rings is 1. The van der Waals surface area contributed by atoms with Crippen LogP contribution in [-0.2, 0) is 5.41 Å². The number of aliphatic hydroxyl groups is 1. The number of aliphatic hydroxyl groups excluding tert-OH is 1. The van der Waals surface area contributed by atoms with Gasteiger partial charge in [-0.25, -0.2) is 0 Å². The van der Waals surface area contributed by atoms with E-state index in [-0.39, 0.29) is 5.41 Å². The first-order valence-corrected chi connectivity index (χ1v) is 7.53. The first kappa shape index (κ1) is 14.6. The minimum Gasteiger partial charge on any atom is -0.383 e. The highest BCUT2D eigenvalue weighted by atomic mass is 35.5.